The SMILES string of the molecule is C[C@@]12C=C[C@@H](C[C@H](Oc3ncc(-c4cc5ccncc5cc4O)nn3)[C@H]1F)N2. The van der Waals surface area contributed by atoms with Crippen LogP contribution < -0.4 is 10.1 Å². The monoisotopic (exact) mass is 379 g/mol. The Morgan fingerprint density at radius 1 is 1.25 bits per heavy atom. The lowest BCUT2D eigenvalue weighted by Gasteiger charge is -2.39. The fourth-order valence-electron chi connectivity index (χ4n) is 3.89. The minimum atomic E-state index is -1.22. The molecule has 1 saturated heterocycles. The molecule has 0 radical (unpaired) electrons. The third-order valence-corrected chi connectivity index (χ3v) is 5.39. The van der Waals surface area contributed by atoms with Gasteiger partial charge in [-0.15, -0.1) is 5.10 Å². The number of fused-ring (bicyclic) bond motifs is 3. The molecule has 1 aromatic carbocycles. The number of hydrogen-bond acceptors (Lipinski definition) is 7. The number of rotatable bonds is 3. The molecule has 3 aromatic rings. The molecular formula is C20H18FN5O2. The smallest absolute Gasteiger partial charge is 0.336 e. The largest absolute Gasteiger partial charge is 0.507 e. The van der Waals surface area contributed by atoms with Gasteiger partial charge in [0.25, 0.3) is 0 Å². The van der Waals surface area contributed by atoms with Gasteiger partial charge in [0.2, 0.25) is 0 Å². The third kappa shape index (κ3) is 2.77. The lowest BCUT2D eigenvalue weighted by Crippen LogP contribution is -2.60. The summed E-state index contributed by atoms with van der Waals surface area (Å²) in [7, 11) is 0. The second-order valence-corrected chi connectivity index (χ2v) is 7.40. The molecule has 0 spiro atoms. The predicted molar refractivity (Wildman–Crippen MR) is 101 cm³/mol. The maximum Gasteiger partial charge on any atom is 0.336 e. The lowest BCUT2D eigenvalue weighted by molar-refractivity contribution is 0.0141. The number of pyridine rings is 1. The molecule has 4 heterocycles. The summed E-state index contributed by atoms with van der Waals surface area (Å²) in [4.78, 5) is 8.21. The quantitative estimate of drug-likeness (QED) is 0.676. The van der Waals surface area contributed by atoms with Gasteiger partial charge in [0, 0.05) is 35.8 Å². The van der Waals surface area contributed by atoms with E-state index in [-0.39, 0.29) is 17.8 Å². The molecule has 8 heteroatoms. The Morgan fingerprint density at radius 3 is 2.96 bits per heavy atom. The number of benzene rings is 1. The maximum absolute atomic E-state index is 14.8. The Balaban J connectivity index is 1.39. The van der Waals surface area contributed by atoms with Crippen molar-refractivity contribution in [2.45, 2.75) is 37.2 Å². The maximum atomic E-state index is 14.8. The highest BCUT2D eigenvalue weighted by molar-refractivity contribution is 5.89. The van der Waals surface area contributed by atoms with E-state index in [4.69, 9.17) is 4.74 Å². The van der Waals surface area contributed by atoms with E-state index in [9.17, 15) is 9.50 Å². The average Bonchev–Trinajstić information content (AvgIpc) is 3.04. The zero-order valence-corrected chi connectivity index (χ0v) is 15.1. The van der Waals surface area contributed by atoms with Crippen molar-refractivity contribution in [3.63, 3.8) is 0 Å². The van der Waals surface area contributed by atoms with Gasteiger partial charge in [-0.3, -0.25) is 10.3 Å². The molecule has 5 rings (SSSR count). The van der Waals surface area contributed by atoms with Gasteiger partial charge in [-0.1, -0.05) is 17.3 Å². The molecule has 7 nitrogen and oxygen atoms in total. The van der Waals surface area contributed by atoms with Gasteiger partial charge in [-0.2, -0.15) is 0 Å². The molecule has 4 atom stereocenters. The average molecular weight is 379 g/mol. The van der Waals surface area contributed by atoms with E-state index >= 15 is 0 Å². The van der Waals surface area contributed by atoms with Crippen molar-refractivity contribution in [3.05, 3.63) is 48.9 Å². The number of piperidine rings is 1. The van der Waals surface area contributed by atoms with Gasteiger partial charge >= 0.3 is 6.01 Å². The normalized spacial score (nSPS) is 28.6. The van der Waals surface area contributed by atoms with E-state index in [1.807, 2.05) is 25.1 Å². The van der Waals surface area contributed by atoms with Gasteiger partial charge in [0.15, 0.2) is 6.17 Å². The molecule has 142 valence electrons. The van der Waals surface area contributed by atoms with Gasteiger partial charge in [0.05, 0.1) is 11.7 Å². The molecule has 0 unspecified atom stereocenters. The van der Waals surface area contributed by atoms with E-state index in [1.54, 1.807) is 24.5 Å². The summed E-state index contributed by atoms with van der Waals surface area (Å²) < 4.78 is 20.5. The van der Waals surface area contributed by atoms with Crippen LogP contribution in [0.2, 0.25) is 0 Å². The van der Waals surface area contributed by atoms with Crippen molar-refractivity contribution in [2.75, 3.05) is 0 Å². The van der Waals surface area contributed by atoms with E-state index in [0.29, 0.717) is 17.7 Å². The zero-order chi connectivity index (χ0) is 19.3. The van der Waals surface area contributed by atoms with Crippen molar-refractivity contribution >= 4 is 10.8 Å². The number of phenolic OH excluding ortho intramolecular Hbond substituents is 1. The highest BCUT2D eigenvalue weighted by Gasteiger charge is 2.48. The lowest BCUT2D eigenvalue weighted by atomic mass is 9.89. The van der Waals surface area contributed by atoms with E-state index in [1.165, 1.54) is 6.20 Å². The number of ether oxygens (including phenoxy) is 1. The van der Waals surface area contributed by atoms with Crippen LogP contribution >= 0.6 is 0 Å². The van der Waals surface area contributed by atoms with Crippen molar-refractivity contribution < 1.29 is 14.2 Å². The number of halogens is 1. The van der Waals surface area contributed by atoms with Gasteiger partial charge < -0.3 is 9.84 Å². The summed E-state index contributed by atoms with van der Waals surface area (Å²) in [6.07, 6.45) is 7.27. The van der Waals surface area contributed by atoms with Crippen molar-refractivity contribution in [3.8, 4) is 23.0 Å². The number of aromatic hydroxyl groups is 1. The predicted octanol–water partition coefficient (Wildman–Crippen LogP) is 2.57. The summed E-state index contributed by atoms with van der Waals surface area (Å²) in [5.41, 5.74) is 0.178. The minimum Gasteiger partial charge on any atom is -0.507 e. The Bertz CT molecular complexity index is 1070. The first-order valence-corrected chi connectivity index (χ1v) is 9.06. The van der Waals surface area contributed by atoms with Crippen molar-refractivity contribution in [1.29, 1.82) is 0 Å². The van der Waals surface area contributed by atoms with Crippen LogP contribution in [0.1, 0.15) is 13.3 Å². The summed E-state index contributed by atoms with van der Waals surface area (Å²) in [5, 5.41) is 23.4. The summed E-state index contributed by atoms with van der Waals surface area (Å²) in [6, 6.07) is 5.37. The highest BCUT2D eigenvalue weighted by atomic mass is 19.1. The number of phenols is 1. The Labute approximate surface area is 160 Å². The number of nitrogens with zero attached hydrogens (tertiary/aromatic N) is 4. The van der Waals surface area contributed by atoms with E-state index in [0.717, 1.165) is 10.8 Å². The minimum absolute atomic E-state index is 0.0192. The first-order valence-electron chi connectivity index (χ1n) is 9.06. The van der Waals surface area contributed by atoms with E-state index in [2.05, 4.69) is 25.5 Å². The Morgan fingerprint density at radius 2 is 2.14 bits per heavy atom. The molecule has 0 saturated carbocycles. The molecule has 2 aromatic heterocycles. The molecule has 2 aliphatic heterocycles. The van der Waals surface area contributed by atoms with Gasteiger partial charge in [-0.25, -0.2) is 9.37 Å². The van der Waals surface area contributed by atoms with Crippen LogP contribution in [0.15, 0.2) is 48.9 Å². The Hall–Kier alpha value is -3.13. The summed E-state index contributed by atoms with van der Waals surface area (Å²) in [5.74, 6) is 0.0584. The molecule has 1 fully saturated rings. The molecule has 0 aliphatic carbocycles. The fraction of sp³-hybridized carbons (Fsp3) is 0.300. The first kappa shape index (κ1) is 17.0. The number of hydrogen-bond donors (Lipinski definition) is 2. The molecule has 28 heavy (non-hydrogen) atoms. The van der Waals surface area contributed by atoms with Gasteiger partial charge in [-0.05, 0) is 30.5 Å². The van der Waals surface area contributed by atoms with Crippen LogP contribution in [-0.4, -0.2) is 49.1 Å². The number of alkyl halides is 1. The standard InChI is InChI=1S/C20H18FN5O2/c1-20-4-2-13(24-20)8-17(18(20)21)28-19-23-10-15(25-26-19)14-6-11-3-5-22-9-12(11)7-16(14)27/h2-7,9-10,13,17-18,24,27H,8H2,1H3/t13-,17-,18+,20+/m0/s1. The third-order valence-electron chi connectivity index (χ3n) is 5.39. The van der Waals surface area contributed by atoms with Crippen LogP contribution in [0.5, 0.6) is 11.8 Å². The summed E-state index contributed by atoms with van der Waals surface area (Å²) in [6.45, 7) is 1.81. The molecule has 2 N–H and O–H groups in total. The Kier molecular flexibility index (Phi) is 3.77. The first-order chi connectivity index (χ1) is 13.5. The second kappa shape index (κ2) is 6.20. The molecule has 2 aliphatic rings. The highest BCUT2D eigenvalue weighted by Crippen LogP contribution is 2.35. The number of nitrogens with one attached hydrogen (secondary N) is 1. The van der Waals surface area contributed by atoms with Crippen LogP contribution in [0.25, 0.3) is 22.0 Å². The van der Waals surface area contributed by atoms with Gasteiger partial charge in [0.1, 0.15) is 17.5 Å². The topological polar surface area (TPSA) is 93.1 Å². The molecule has 2 bridgehead atoms. The number of aromatic nitrogens is 4. The zero-order valence-electron chi connectivity index (χ0n) is 15.1. The molecule has 0 amide bonds. The van der Waals surface area contributed by atoms with E-state index < -0.39 is 17.8 Å². The molecular weight excluding hydrogens is 361 g/mol. The van der Waals surface area contributed by atoms with Crippen LogP contribution in [0.4, 0.5) is 4.39 Å². The fourth-order valence-corrected chi connectivity index (χ4v) is 3.89. The van der Waals surface area contributed by atoms with Crippen LogP contribution in [0.3, 0.4) is 0 Å². The van der Waals surface area contributed by atoms with Crippen molar-refractivity contribution in [2.24, 2.45) is 0 Å². The summed E-state index contributed by atoms with van der Waals surface area (Å²) >= 11 is 0. The van der Waals surface area contributed by atoms with Crippen molar-refractivity contribution in [1.82, 2.24) is 25.5 Å². The van der Waals surface area contributed by atoms with Crippen LogP contribution in [-0.2, 0) is 0 Å². The van der Waals surface area contributed by atoms with Crippen LogP contribution in [0, 0.1) is 0 Å². The second-order valence-electron chi connectivity index (χ2n) is 7.40.